The van der Waals surface area contributed by atoms with Crippen LogP contribution in [0.2, 0.25) is 0 Å². The predicted molar refractivity (Wildman–Crippen MR) is 67.8 cm³/mol. The summed E-state index contributed by atoms with van der Waals surface area (Å²) >= 11 is 0. The molecule has 0 spiro atoms. The molecule has 20 heavy (non-hydrogen) atoms. The van der Waals surface area contributed by atoms with Crippen molar-refractivity contribution < 1.29 is 17.9 Å². The van der Waals surface area contributed by atoms with Gasteiger partial charge in [-0.05, 0) is 11.8 Å². The number of pyridine rings is 1. The minimum atomic E-state index is -4.33. The number of aromatic nitrogens is 1. The summed E-state index contributed by atoms with van der Waals surface area (Å²) in [5.41, 5.74) is 0.832. The van der Waals surface area contributed by atoms with Gasteiger partial charge in [-0.25, -0.2) is 0 Å². The molecule has 0 radical (unpaired) electrons. The molecular formula is C13H16F3N3O. The Balaban J connectivity index is 1.66. The minimum Gasteiger partial charge on any atom is -0.482 e. The summed E-state index contributed by atoms with van der Waals surface area (Å²) in [5, 5.41) is 3.35. The van der Waals surface area contributed by atoms with Crippen LogP contribution >= 0.6 is 0 Å². The van der Waals surface area contributed by atoms with E-state index in [4.69, 9.17) is 4.74 Å². The quantitative estimate of drug-likeness (QED) is 0.918. The lowest BCUT2D eigenvalue weighted by Gasteiger charge is -2.20. The van der Waals surface area contributed by atoms with Crippen LogP contribution in [-0.4, -0.2) is 43.9 Å². The zero-order valence-electron chi connectivity index (χ0n) is 10.9. The maximum Gasteiger partial charge on any atom is 0.422 e. The van der Waals surface area contributed by atoms with Crippen molar-refractivity contribution in [3.8, 4) is 5.75 Å². The summed E-state index contributed by atoms with van der Waals surface area (Å²) in [6, 6.07) is 1.63. The smallest absolute Gasteiger partial charge is 0.422 e. The van der Waals surface area contributed by atoms with Gasteiger partial charge in [0.05, 0.1) is 18.1 Å². The van der Waals surface area contributed by atoms with Crippen molar-refractivity contribution in [2.24, 2.45) is 11.8 Å². The highest BCUT2D eigenvalue weighted by Crippen LogP contribution is 2.31. The number of rotatable bonds is 3. The molecule has 0 amide bonds. The number of fused-ring (bicyclic) bond motifs is 1. The number of hydrogen-bond donors (Lipinski definition) is 1. The Morgan fingerprint density at radius 3 is 2.60 bits per heavy atom. The average molecular weight is 287 g/mol. The van der Waals surface area contributed by atoms with E-state index in [1.807, 2.05) is 0 Å². The molecular weight excluding hydrogens is 271 g/mol. The highest BCUT2D eigenvalue weighted by Gasteiger charge is 2.36. The van der Waals surface area contributed by atoms with Crippen LogP contribution in [0.5, 0.6) is 5.75 Å². The van der Waals surface area contributed by atoms with E-state index in [1.165, 1.54) is 6.20 Å². The van der Waals surface area contributed by atoms with Gasteiger partial charge in [0.15, 0.2) is 6.61 Å². The van der Waals surface area contributed by atoms with Crippen LogP contribution in [0.25, 0.3) is 0 Å². The number of anilines is 1. The van der Waals surface area contributed by atoms with Crippen molar-refractivity contribution in [2.75, 3.05) is 37.7 Å². The standard InChI is InChI=1S/C13H16F3N3O/c14-13(15,16)8-20-12-1-11(4-18-5-12)19-6-9-2-17-3-10(9)7-19/h1,4-5,9-10,17H,2-3,6-8H2/t9-,10+. The predicted octanol–water partition coefficient (Wildman–Crippen LogP) is 1.68. The number of alkyl halides is 3. The molecule has 0 aliphatic carbocycles. The average Bonchev–Trinajstić information content (AvgIpc) is 2.96. The van der Waals surface area contributed by atoms with E-state index < -0.39 is 12.8 Å². The molecule has 1 aromatic heterocycles. The maximum atomic E-state index is 12.1. The van der Waals surface area contributed by atoms with E-state index in [-0.39, 0.29) is 5.75 Å². The molecule has 7 heteroatoms. The molecule has 2 fully saturated rings. The topological polar surface area (TPSA) is 37.4 Å². The van der Waals surface area contributed by atoms with Gasteiger partial charge in [0.25, 0.3) is 0 Å². The van der Waals surface area contributed by atoms with Crippen molar-refractivity contribution in [1.29, 1.82) is 0 Å². The molecule has 4 nitrogen and oxygen atoms in total. The van der Waals surface area contributed by atoms with Crippen LogP contribution in [0, 0.1) is 11.8 Å². The maximum absolute atomic E-state index is 12.1. The normalized spacial score (nSPS) is 25.9. The summed E-state index contributed by atoms with van der Waals surface area (Å²) in [7, 11) is 0. The first-order chi connectivity index (χ1) is 9.51. The molecule has 2 aliphatic rings. The third-order valence-corrected chi connectivity index (χ3v) is 3.86. The Kier molecular flexibility index (Phi) is 3.45. The molecule has 3 heterocycles. The van der Waals surface area contributed by atoms with Gasteiger partial charge in [-0.15, -0.1) is 0 Å². The Labute approximate surface area is 114 Å². The Morgan fingerprint density at radius 1 is 1.25 bits per heavy atom. The Hall–Kier alpha value is -1.50. The lowest BCUT2D eigenvalue weighted by Crippen LogP contribution is -2.25. The molecule has 1 N–H and O–H groups in total. The second-order valence-corrected chi connectivity index (χ2v) is 5.37. The molecule has 2 atom stereocenters. The number of ether oxygens (including phenoxy) is 1. The van der Waals surface area contributed by atoms with Crippen molar-refractivity contribution in [1.82, 2.24) is 10.3 Å². The van der Waals surface area contributed by atoms with Crippen LogP contribution in [0.1, 0.15) is 0 Å². The fraction of sp³-hybridized carbons (Fsp3) is 0.615. The van der Waals surface area contributed by atoms with Crippen molar-refractivity contribution >= 4 is 5.69 Å². The van der Waals surface area contributed by atoms with Crippen LogP contribution in [0.3, 0.4) is 0 Å². The fourth-order valence-electron chi connectivity index (χ4n) is 2.89. The molecule has 0 bridgehead atoms. The van der Waals surface area contributed by atoms with Gasteiger partial charge in [0, 0.05) is 32.2 Å². The van der Waals surface area contributed by atoms with Crippen molar-refractivity contribution in [3.63, 3.8) is 0 Å². The molecule has 0 unspecified atom stereocenters. The van der Waals surface area contributed by atoms with Crippen LogP contribution < -0.4 is 15.0 Å². The first-order valence-electron chi connectivity index (χ1n) is 6.61. The van der Waals surface area contributed by atoms with E-state index in [2.05, 4.69) is 15.2 Å². The summed E-state index contributed by atoms with van der Waals surface area (Å²) < 4.78 is 41.1. The number of nitrogens with one attached hydrogen (secondary N) is 1. The number of nitrogens with zero attached hydrogens (tertiary/aromatic N) is 2. The SMILES string of the molecule is FC(F)(F)COc1cncc(N2C[C@H]3CNC[C@H]3C2)c1. The Morgan fingerprint density at radius 2 is 1.95 bits per heavy atom. The van der Waals surface area contributed by atoms with Gasteiger partial charge >= 0.3 is 6.18 Å². The number of halogens is 3. The van der Waals surface area contributed by atoms with Crippen LogP contribution in [0.4, 0.5) is 18.9 Å². The third-order valence-electron chi connectivity index (χ3n) is 3.86. The largest absolute Gasteiger partial charge is 0.482 e. The second kappa shape index (κ2) is 5.12. The molecule has 0 saturated carbocycles. The van der Waals surface area contributed by atoms with Gasteiger partial charge < -0.3 is 15.0 Å². The lowest BCUT2D eigenvalue weighted by molar-refractivity contribution is -0.153. The molecule has 0 aromatic carbocycles. The van der Waals surface area contributed by atoms with Crippen molar-refractivity contribution in [3.05, 3.63) is 18.5 Å². The van der Waals surface area contributed by atoms with E-state index in [9.17, 15) is 13.2 Å². The Bertz CT molecular complexity index is 468. The van der Waals surface area contributed by atoms with Gasteiger partial charge in [-0.3, -0.25) is 4.98 Å². The molecule has 110 valence electrons. The highest BCUT2D eigenvalue weighted by molar-refractivity contribution is 5.49. The van der Waals surface area contributed by atoms with E-state index in [0.717, 1.165) is 31.9 Å². The van der Waals surface area contributed by atoms with E-state index in [1.54, 1.807) is 12.3 Å². The van der Waals surface area contributed by atoms with Crippen molar-refractivity contribution in [2.45, 2.75) is 6.18 Å². The van der Waals surface area contributed by atoms with Gasteiger partial charge in [-0.2, -0.15) is 13.2 Å². The summed E-state index contributed by atoms with van der Waals surface area (Å²) in [4.78, 5) is 6.14. The zero-order valence-corrected chi connectivity index (χ0v) is 10.9. The second-order valence-electron chi connectivity index (χ2n) is 5.37. The molecule has 2 aliphatic heterocycles. The zero-order chi connectivity index (χ0) is 14.2. The molecule has 3 rings (SSSR count). The van der Waals surface area contributed by atoms with Gasteiger partial charge in [0.2, 0.25) is 0 Å². The fourth-order valence-corrected chi connectivity index (χ4v) is 2.89. The van der Waals surface area contributed by atoms with Gasteiger partial charge in [0.1, 0.15) is 5.75 Å². The lowest BCUT2D eigenvalue weighted by atomic mass is 10.0. The molecule has 2 saturated heterocycles. The van der Waals surface area contributed by atoms with E-state index >= 15 is 0 Å². The first kappa shape index (κ1) is 13.5. The summed E-state index contributed by atoms with van der Waals surface area (Å²) in [5.74, 6) is 1.40. The monoisotopic (exact) mass is 287 g/mol. The van der Waals surface area contributed by atoms with Gasteiger partial charge in [-0.1, -0.05) is 0 Å². The number of hydrogen-bond acceptors (Lipinski definition) is 4. The van der Waals surface area contributed by atoms with E-state index in [0.29, 0.717) is 11.8 Å². The van der Waals surface area contributed by atoms with Crippen LogP contribution in [-0.2, 0) is 0 Å². The summed E-state index contributed by atoms with van der Waals surface area (Å²) in [6.07, 6.45) is -1.34. The minimum absolute atomic E-state index is 0.162. The highest BCUT2D eigenvalue weighted by atomic mass is 19.4. The molecule has 1 aromatic rings. The van der Waals surface area contributed by atoms with Crippen LogP contribution in [0.15, 0.2) is 18.5 Å². The summed E-state index contributed by atoms with van der Waals surface area (Å²) in [6.45, 7) is 2.58. The third kappa shape index (κ3) is 2.98. The first-order valence-corrected chi connectivity index (χ1v) is 6.61.